The van der Waals surface area contributed by atoms with E-state index in [2.05, 4.69) is 10.3 Å². The Morgan fingerprint density at radius 3 is 2.87 bits per heavy atom. The zero-order valence-electron chi connectivity index (χ0n) is 12.5. The number of nitrogens with zero attached hydrogens (tertiary/aromatic N) is 2. The fraction of sp³-hybridized carbons (Fsp3) is 0.333. The van der Waals surface area contributed by atoms with Crippen LogP contribution in [0.15, 0.2) is 29.1 Å². The van der Waals surface area contributed by atoms with E-state index >= 15 is 0 Å². The predicted molar refractivity (Wildman–Crippen MR) is 84.6 cm³/mol. The van der Waals surface area contributed by atoms with Crippen molar-refractivity contribution in [3.05, 3.63) is 50.3 Å². The normalized spacial score (nSPS) is 18.1. The fourth-order valence-corrected chi connectivity index (χ4v) is 2.82. The lowest BCUT2D eigenvalue weighted by atomic mass is 10.1. The summed E-state index contributed by atoms with van der Waals surface area (Å²) in [5.74, 6) is -0.282. The minimum atomic E-state index is -0.522. The smallest absolute Gasteiger partial charge is 0.270 e. The van der Waals surface area contributed by atoms with E-state index in [1.807, 2.05) is 6.92 Å². The van der Waals surface area contributed by atoms with E-state index in [9.17, 15) is 19.7 Å². The van der Waals surface area contributed by atoms with E-state index in [0.29, 0.717) is 30.5 Å². The van der Waals surface area contributed by atoms with E-state index in [-0.39, 0.29) is 23.2 Å². The molecule has 0 spiro atoms. The standard InChI is InChI=1S/C15H16N4O4/c1-9-8-18(5-4-16-9)15(21)12-7-14(20)17-13-3-2-10(19(22)23)6-11(12)13/h2-3,6-7,9,16H,4-5,8H2,1H3,(H,17,20). The van der Waals surface area contributed by atoms with Crippen LogP contribution in [0.25, 0.3) is 10.9 Å². The van der Waals surface area contributed by atoms with Crippen LogP contribution in [0.3, 0.4) is 0 Å². The molecule has 1 fully saturated rings. The quantitative estimate of drug-likeness (QED) is 0.631. The Bertz CT molecular complexity index is 845. The summed E-state index contributed by atoms with van der Waals surface area (Å²) < 4.78 is 0. The monoisotopic (exact) mass is 316 g/mol. The highest BCUT2D eigenvalue weighted by Gasteiger charge is 2.24. The van der Waals surface area contributed by atoms with Crippen molar-refractivity contribution in [3.63, 3.8) is 0 Å². The van der Waals surface area contributed by atoms with Gasteiger partial charge in [-0.1, -0.05) is 0 Å². The first-order valence-corrected chi connectivity index (χ1v) is 7.30. The van der Waals surface area contributed by atoms with Crippen molar-refractivity contribution in [1.82, 2.24) is 15.2 Å². The molecule has 3 rings (SSSR count). The molecule has 120 valence electrons. The molecule has 1 aliphatic rings. The largest absolute Gasteiger partial charge is 0.336 e. The van der Waals surface area contributed by atoms with E-state index in [1.165, 1.54) is 24.3 Å². The van der Waals surface area contributed by atoms with Gasteiger partial charge in [-0.25, -0.2) is 0 Å². The van der Waals surface area contributed by atoms with Gasteiger partial charge in [0.2, 0.25) is 5.56 Å². The van der Waals surface area contributed by atoms with E-state index in [0.717, 1.165) is 0 Å². The molecule has 23 heavy (non-hydrogen) atoms. The highest BCUT2D eigenvalue weighted by atomic mass is 16.6. The minimum Gasteiger partial charge on any atom is -0.336 e. The summed E-state index contributed by atoms with van der Waals surface area (Å²) in [6, 6.07) is 5.45. The number of carbonyl (C=O) groups is 1. The van der Waals surface area contributed by atoms with E-state index < -0.39 is 10.5 Å². The molecule has 8 heteroatoms. The van der Waals surface area contributed by atoms with Gasteiger partial charge in [-0.3, -0.25) is 19.7 Å². The molecule has 0 bridgehead atoms. The molecule has 0 aliphatic carbocycles. The number of H-pyrrole nitrogens is 1. The molecule has 1 saturated heterocycles. The van der Waals surface area contributed by atoms with Gasteiger partial charge in [-0.2, -0.15) is 0 Å². The third kappa shape index (κ3) is 2.93. The molecule has 2 heterocycles. The Balaban J connectivity index is 2.11. The fourth-order valence-electron chi connectivity index (χ4n) is 2.82. The second kappa shape index (κ2) is 5.81. The number of aromatic amines is 1. The number of aromatic nitrogens is 1. The van der Waals surface area contributed by atoms with E-state index in [1.54, 1.807) is 4.90 Å². The van der Waals surface area contributed by atoms with Gasteiger partial charge in [-0.05, 0) is 13.0 Å². The summed E-state index contributed by atoms with van der Waals surface area (Å²) in [7, 11) is 0. The Labute approximate surface area is 131 Å². The summed E-state index contributed by atoms with van der Waals surface area (Å²) in [6.07, 6.45) is 0. The number of amides is 1. The first-order chi connectivity index (χ1) is 11.0. The molecule has 1 amide bonds. The Kier molecular flexibility index (Phi) is 3.83. The maximum absolute atomic E-state index is 12.8. The predicted octanol–water partition coefficient (Wildman–Crippen LogP) is 0.870. The zero-order chi connectivity index (χ0) is 16.6. The average Bonchev–Trinajstić information content (AvgIpc) is 2.52. The van der Waals surface area contributed by atoms with Crippen molar-refractivity contribution in [1.29, 1.82) is 0 Å². The molecule has 2 N–H and O–H groups in total. The number of piperazine rings is 1. The van der Waals surface area contributed by atoms with Crippen LogP contribution in [0.2, 0.25) is 0 Å². The Morgan fingerprint density at radius 1 is 1.39 bits per heavy atom. The first-order valence-electron chi connectivity index (χ1n) is 7.30. The van der Waals surface area contributed by atoms with E-state index in [4.69, 9.17) is 0 Å². The molecule has 1 aromatic heterocycles. The number of carbonyl (C=O) groups excluding carboxylic acids is 1. The number of nitro benzene ring substituents is 1. The lowest BCUT2D eigenvalue weighted by Gasteiger charge is -2.32. The van der Waals surface area contributed by atoms with Gasteiger partial charge in [0.1, 0.15) is 0 Å². The molecular formula is C15H16N4O4. The van der Waals surface area contributed by atoms with Crippen molar-refractivity contribution in [2.75, 3.05) is 19.6 Å². The number of hydrogen-bond donors (Lipinski definition) is 2. The number of fused-ring (bicyclic) bond motifs is 1. The van der Waals surface area contributed by atoms with Gasteiger partial charge >= 0.3 is 0 Å². The van der Waals surface area contributed by atoms with Crippen LogP contribution in [-0.2, 0) is 0 Å². The maximum atomic E-state index is 12.8. The molecule has 1 aliphatic heterocycles. The van der Waals surface area contributed by atoms with Gasteiger partial charge in [0.05, 0.1) is 10.5 Å². The molecule has 1 aromatic carbocycles. The molecule has 1 unspecified atom stereocenters. The van der Waals surface area contributed by atoms with Crippen molar-refractivity contribution >= 4 is 22.5 Å². The molecular weight excluding hydrogens is 300 g/mol. The zero-order valence-corrected chi connectivity index (χ0v) is 12.5. The van der Waals surface area contributed by atoms with Crippen molar-refractivity contribution in [2.45, 2.75) is 13.0 Å². The number of non-ortho nitro benzene ring substituents is 1. The third-order valence-corrected chi connectivity index (χ3v) is 3.92. The number of rotatable bonds is 2. The minimum absolute atomic E-state index is 0.118. The number of pyridine rings is 1. The highest BCUT2D eigenvalue weighted by Crippen LogP contribution is 2.23. The summed E-state index contributed by atoms with van der Waals surface area (Å²) in [5.41, 5.74) is 0.0846. The van der Waals surface area contributed by atoms with Crippen LogP contribution < -0.4 is 10.9 Å². The Morgan fingerprint density at radius 2 is 2.17 bits per heavy atom. The second-order valence-corrected chi connectivity index (χ2v) is 5.64. The van der Waals surface area contributed by atoms with Crippen LogP contribution in [0.4, 0.5) is 5.69 Å². The van der Waals surface area contributed by atoms with Gasteiger partial charge in [0.15, 0.2) is 0 Å². The maximum Gasteiger partial charge on any atom is 0.270 e. The van der Waals surface area contributed by atoms with Crippen LogP contribution in [0, 0.1) is 10.1 Å². The van der Waals surface area contributed by atoms with Crippen molar-refractivity contribution < 1.29 is 9.72 Å². The SMILES string of the molecule is CC1CN(C(=O)c2cc(=O)[nH]c3ccc([N+](=O)[O-])cc23)CCN1. The number of hydrogen-bond acceptors (Lipinski definition) is 5. The van der Waals surface area contributed by atoms with Gasteiger partial charge < -0.3 is 15.2 Å². The van der Waals surface area contributed by atoms with Gasteiger partial charge in [0, 0.05) is 54.8 Å². The number of nitrogens with one attached hydrogen (secondary N) is 2. The van der Waals surface area contributed by atoms with Crippen LogP contribution >= 0.6 is 0 Å². The summed E-state index contributed by atoms with van der Waals surface area (Å²) >= 11 is 0. The van der Waals surface area contributed by atoms with Crippen LogP contribution in [0.5, 0.6) is 0 Å². The Hall–Kier alpha value is -2.74. The summed E-state index contributed by atoms with van der Waals surface area (Å²) in [6.45, 7) is 3.71. The molecule has 2 aromatic rings. The third-order valence-electron chi connectivity index (χ3n) is 3.92. The second-order valence-electron chi connectivity index (χ2n) is 5.64. The lowest BCUT2D eigenvalue weighted by molar-refractivity contribution is -0.384. The van der Waals surface area contributed by atoms with Crippen LogP contribution in [-0.4, -0.2) is 46.4 Å². The number of benzene rings is 1. The highest BCUT2D eigenvalue weighted by molar-refractivity contribution is 6.06. The van der Waals surface area contributed by atoms with Crippen molar-refractivity contribution in [2.24, 2.45) is 0 Å². The van der Waals surface area contributed by atoms with Gasteiger partial charge in [-0.15, -0.1) is 0 Å². The topological polar surface area (TPSA) is 108 Å². The first kappa shape index (κ1) is 15.2. The molecule has 0 saturated carbocycles. The molecule has 8 nitrogen and oxygen atoms in total. The summed E-state index contributed by atoms with van der Waals surface area (Å²) in [4.78, 5) is 39.3. The van der Waals surface area contributed by atoms with Crippen molar-refractivity contribution in [3.8, 4) is 0 Å². The molecule has 0 radical (unpaired) electrons. The van der Waals surface area contributed by atoms with Gasteiger partial charge in [0.25, 0.3) is 11.6 Å². The molecule has 1 atom stereocenters. The summed E-state index contributed by atoms with van der Waals surface area (Å²) in [5, 5.41) is 14.6. The van der Waals surface area contributed by atoms with Crippen LogP contribution in [0.1, 0.15) is 17.3 Å². The lowest BCUT2D eigenvalue weighted by Crippen LogP contribution is -2.51. The average molecular weight is 316 g/mol. The number of nitro groups is 1.